The number of hydrogen-bond donors (Lipinski definition) is 2. The summed E-state index contributed by atoms with van der Waals surface area (Å²) in [6.07, 6.45) is -3.58. The lowest BCUT2D eigenvalue weighted by molar-refractivity contribution is -0.290. The number of methoxy groups -OCH3 is 2. The minimum absolute atomic E-state index is 0.404. The van der Waals surface area contributed by atoms with Crippen molar-refractivity contribution in [3.05, 3.63) is 0 Å². The largest absolute Gasteiger partial charge is 0.388 e. The molecule has 0 amide bonds. The predicted molar refractivity (Wildman–Crippen MR) is 44.2 cm³/mol. The van der Waals surface area contributed by atoms with Crippen LogP contribution in [-0.2, 0) is 14.2 Å². The van der Waals surface area contributed by atoms with Gasteiger partial charge >= 0.3 is 0 Å². The predicted octanol–water partition coefficient (Wildman–Crippen LogP) is -0.886. The van der Waals surface area contributed by atoms with Crippen LogP contribution in [0.2, 0.25) is 0 Å². The van der Waals surface area contributed by atoms with E-state index in [0.29, 0.717) is 0 Å². The molecule has 0 saturated carbocycles. The van der Waals surface area contributed by atoms with Crippen LogP contribution >= 0.6 is 0 Å². The molecule has 0 aliphatic carbocycles. The number of hydrogen-bond acceptors (Lipinski definition) is 5. The Morgan fingerprint density at radius 1 is 1.08 bits per heavy atom. The van der Waals surface area contributed by atoms with E-state index in [4.69, 9.17) is 14.2 Å². The van der Waals surface area contributed by atoms with Crippen LogP contribution in [0.1, 0.15) is 6.92 Å². The fourth-order valence-electron chi connectivity index (χ4n) is 1.47. The molecule has 2 N–H and O–H groups in total. The van der Waals surface area contributed by atoms with Gasteiger partial charge in [0.05, 0.1) is 6.10 Å². The summed E-state index contributed by atoms with van der Waals surface area (Å²) in [5.74, 6) is 0. The molecule has 1 rings (SSSR count). The summed E-state index contributed by atoms with van der Waals surface area (Å²) >= 11 is 0. The van der Waals surface area contributed by atoms with Crippen molar-refractivity contribution in [2.24, 2.45) is 0 Å². The maximum atomic E-state index is 9.58. The number of aliphatic hydroxyl groups is 2. The molecule has 5 nitrogen and oxygen atoms in total. The molecule has 1 aliphatic rings. The van der Waals surface area contributed by atoms with Gasteiger partial charge in [0, 0.05) is 14.2 Å². The summed E-state index contributed by atoms with van der Waals surface area (Å²) in [5, 5.41) is 19.1. The van der Waals surface area contributed by atoms with Crippen molar-refractivity contribution in [2.45, 2.75) is 37.6 Å². The Balaban J connectivity index is 2.69. The zero-order valence-electron chi connectivity index (χ0n) is 8.01. The highest BCUT2D eigenvalue weighted by Gasteiger charge is 2.43. The van der Waals surface area contributed by atoms with Crippen LogP contribution in [0.15, 0.2) is 0 Å². The standard InChI is InChI=1S/C8H16O5/c1-4-5(9)7(11-2)6(10)8(12-3)13-4/h4-10H,1-3H3/t4-,5-,6+,7+,8?/m1/s1. The molecule has 0 radical (unpaired) electrons. The van der Waals surface area contributed by atoms with E-state index in [2.05, 4.69) is 0 Å². The third kappa shape index (κ3) is 2.00. The maximum Gasteiger partial charge on any atom is 0.186 e. The van der Waals surface area contributed by atoms with Gasteiger partial charge in [-0.15, -0.1) is 0 Å². The highest BCUT2D eigenvalue weighted by molar-refractivity contribution is 4.88. The fraction of sp³-hybridized carbons (Fsp3) is 1.00. The van der Waals surface area contributed by atoms with Gasteiger partial charge in [-0.2, -0.15) is 0 Å². The molecular weight excluding hydrogens is 176 g/mol. The van der Waals surface area contributed by atoms with Crippen LogP contribution in [-0.4, -0.2) is 55.1 Å². The zero-order chi connectivity index (χ0) is 10.0. The van der Waals surface area contributed by atoms with Crippen molar-refractivity contribution in [1.29, 1.82) is 0 Å². The second-order valence-corrected chi connectivity index (χ2v) is 3.13. The van der Waals surface area contributed by atoms with E-state index in [0.717, 1.165) is 0 Å². The topological polar surface area (TPSA) is 68.2 Å². The van der Waals surface area contributed by atoms with E-state index < -0.39 is 30.7 Å². The smallest absolute Gasteiger partial charge is 0.186 e. The van der Waals surface area contributed by atoms with Gasteiger partial charge in [0.25, 0.3) is 0 Å². The molecule has 0 aromatic rings. The first-order valence-electron chi connectivity index (χ1n) is 4.19. The normalized spacial score (nSPS) is 46.4. The van der Waals surface area contributed by atoms with Gasteiger partial charge in [-0.05, 0) is 6.92 Å². The van der Waals surface area contributed by atoms with E-state index in [9.17, 15) is 10.2 Å². The molecule has 78 valence electrons. The van der Waals surface area contributed by atoms with Crippen LogP contribution in [0.5, 0.6) is 0 Å². The first kappa shape index (κ1) is 10.9. The molecule has 1 fully saturated rings. The monoisotopic (exact) mass is 192 g/mol. The highest BCUT2D eigenvalue weighted by Crippen LogP contribution is 2.22. The van der Waals surface area contributed by atoms with Gasteiger partial charge < -0.3 is 24.4 Å². The van der Waals surface area contributed by atoms with Gasteiger partial charge in [0.2, 0.25) is 0 Å². The first-order chi connectivity index (χ1) is 6.11. The minimum atomic E-state index is -0.957. The molecule has 13 heavy (non-hydrogen) atoms. The lowest BCUT2D eigenvalue weighted by Crippen LogP contribution is -2.57. The fourth-order valence-corrected chi connectivity index (χ4v) is 1.47. The highest BCUT2D eigenvalue weighted by atomic mass is 16.7. The molecule has 5 heteroatoms. The Hall–Kier alpha value is -0.200. The molecule has 0 bridgehead atoms. The van der Waals surface area contributed by atoms with Crippen LogP contribution in [0.4, 0.5) is 0 Å². The van der Waals surface area contributed by atoms with E-state index in [1.165, 1.54) is 14.2 Å². The Labute approximate surface area is 77.2 Å². The van der Waals surface area contributed by atoms with E-state index in [1.54, 1.807) is 6.92 Å². The quantitative estimate of drug-likeness (QED) is 0.594. The lowest BCUT2D eigenvalue weighted by atomic mass is 10.00. The number of ether oxygens (including phenoxy) is 3. The van der Waals surface area contributed by atoms with E-state index in [1.807, 2.05) is 0 Å². The number of rotatable bonds is 2. The molecule has 1 saturated heterocycles. The van der Waals surface area contributed by atoms with E-state index >= 15 is 0 Å². The second kappa shape index (κ2) is 4.34. The summed E-state index contributed by atoms with van der Waals surface area (Å²) < 4.78 is 15.0. The first-order valence-corrected chi connectivity index (χ1v) is 4.19. The van der Waals surface area contributed by atoms with Crippen molar-refractivity contribution in [2.75, 3.05) is 14.2 Å². The molecule has 0 aromatic heterocycles. The van der Waals surface area contributed by atoms with Gasteiger partial charge in [-0.3, -0.25) is 0 Å². The molecule has 1 unspecified atom stereocenters. The molecule has 5 atom stereocenters. The summed E-state index contributed by atoms with van der Waals surface area (Å²) in [6, 6.07) is 0. The van der Waals surface area contributed by atoms with Crippen molar-refractivity contribution in [1.82, 2.24) is 0 Å². The summed E-state index contributed by atoms with van der Waals surface area (Å²) in [7, 11) is 2.87. The van der Waals surface area contributed by atoms with Crippen LogP contribution < -0.4 is 0 Å². The Kier molecular flexibility index (Phi) is 3.63. The minimum Gasteiger partial charge on any atom is -0.388 e. The van der Waals surface area contributed by atoms with E-state index in [-0.39, 0.29) is 0 Å². The van der Waals surface area contributed by atoms with Gasteiger partial charge in [0.1, 0.15) is 18.3 Å². The van der Waals surface area contributed by atoms with Crippen LogP contribution in [0.25, 0.3) is 0 Å². The summed E-state index contributed by atoms with van der Waals surface area (Å²) in [6.45, 7) is 1.70. The molecular formula is C8H16O5. The Morgan fingerprint density at radius 3 is 2.15 bits per heavy atom. The molecule has 0 spiro atoms. The SMILES string of the molecule is COC1O[C@H](C)[C@@H](O)[C@H](OC)[C@@H]1O. The van der Waals surface area contributed by atoms with Gasteiger partial charge in [0.15, 0.2) is 6.29 Å². The molecule has 0 aromatic carbocycles. The van der Waals surface area contributed by atoms with Crippen LogP contribution in [0.3, 0.4) is 0 Å². The average Bonchev–Trinajstić information content (AvgIpc) is 2.12. The zero-order valence-corrected chi connectivity index (χ0v) is 8.01. The molecule has 1 aliphatic heterocycles. The van der Waals surface area contributed by atoms with Crippen LogP contribution in [0, 0.1) is 0 Å². The lowest BCUT2D eigenvalue weighted by Gasteiger charge is -2.40. The average molecular weight is 192 g/mol. The van der Waals surface area contributed by atoms with Crippen molar-refractivity contribution < 1.29 is 24.4 Å². The van der Waals surface area contributed by atoms with Crippen molar-refractivity contribution in [3.8, 4) is 0 Å². The second-order valence-electron chi connectivity index (χ2n) is 3.13. The third-order valence-corrected chi connectivity index (χ3v) is 2.29. The maximum absolute atomic E-state index is 9.58. The third-order valence-electron chi connectivity index (χ3n) is 2.29. The molecule has 1 heterocycles. The number of aliphatic hydroxyl groups excluding tert-OH is 2. The Morgan fingerprint density at radius 2 is 1.69 bits per heavy atom. The van der Waals surface area contributed by atoms with Crippen molar-refractivity contribution in [3.63, 3.8) is 0 Å². The van der Waals surface area contributed by atoms with Gasteiger partial charge in [-0.1, -0.05) is 0 Å². The van der Waals surface area contributed by atoms with Gasteiger partial charge in [-0.25, -0.2) is 0 Å². The summed E-state index contributed by atoms with van der Waals surface area (Å²) in [4.78, 5) is 0. The van der Waals surface area contributed by atoms with Crippen molar-refractivity contribution >= 4 is 0 Å². The Bertz CT molecular complexity index is 163. The summed E-state index contributed by atoms with van der Waals surface area (Å²) in [5.41, 5.74) is 0.